The largest absolute Gasteiger partial charge is 0.508 e. The lowest BCUT2D eigenvalue weighted by atomic mass is 10.0. The quantitative estimate of drug-likeness (QED) is 0.744. The van der Waals surface area contributed by atoms with Gasteiger partial charge in [-0.15, -0.1) is 0 Å². The molecule has 0 aliphatic heterocycles. The van der Waals surface area contributed by atoms with Crippen LogP contribution in [0.1, 0.15) is 11.7 Å². The summed E-state index contributed by atoms with van der Waals surface area (Å²) in [5.41, 5.74) is 0.320. The van der Waals surface area contributed by atoms with Crippen LogP contribution in [0.2, 0.25) is 0 Å². The first-order chi connectivity index (χ1) is 6.56. The van der Waals surface area contributed by atoms with Crippen LogP contribution >= 0.6 is 31.9 Å². The molecule has 5 heteroatoms. The van der Waals surface area contributed by atoms with Gasteiger partial charge in [0, 0.05) is 15.4 Å². The van der Waals surface area contributed by atoms with Crippen LogP contribution in [0.15, 0.2) is 22.7 Å². The fourth-order valence-corrected chi connectivity index (χ4v) is 1.76. The van der Waals surface area contributed by atoms with Gasteiger partial charge in [-0.25, -0.2) is 0 Å². The third-order valence-electron chi connectivity index (χ3n) is 1.83. The van der Waals surface area contributed by atoms with E-state index in [-0.39, 0.29) is 11.1 Å². The Bertz CT molecular complexity index is 317. The second-order valence-electron chi connectivity index (χ2n) is 2.87. The first-order valence-electron chi connectivity index (χ1n) is 3.96. The summed E-state index contributed by atoms with van der Waals surface area (Å²) in [6.45, 7) is 0. The Labute approximate surface area is 98.6 Å². The topological polar surface area (TPSA) is 60.7 Å². The van der Waals surface area contributed by atoms with Gasteiger partial charge >= 0.3 is 0 Å². The highest BCUT2D eigenvalue weighted by Crippen LogP contribution is 2.29. The first kappa shape index (κ1) is 12.0. The Balaban J connectivity index is 2.95. The average molecular weight is 326 g/mol. The number of aliphatic hydroxyl groups is 2. The zero-order chi connectivity index (χ0) is 10.7. The molecule has 0 bridgehead atoms. The Kier molecular flexibility index (Phi) is 4.37. The van der Waals surface area contributed by atoms with Gasteiger partial charge in [-0.1, -0.05) is 37.9 Å². The number of aliphatic hydroxyl groups excluding tert-OH is 2. The van der Waals surface area contributed by atoms with Crippen LogP contribution in [0.4, 0.5) is 0 Å². The zero-order valence-electron chi connectivity index (χ0n) is 7.19. The van der Waals surface area contributed by atoms with E-state index >= 15 is 0 Å². The second-order valence-corrected chi connectivity index (χ2v) is 4.43. The molecule has 0 amide bonds. The van der Waals surface area contributed by atoms with Crippen molar-refractivity contribution in [3.63, 3.8) is 0 Å². The van der Waals surface area contributed by atoms with Crippen molar-refractivity contribution in [3.05, 3.63) is 28.2 Å². The van der Waals surface area contributed by atoms with E-state index in [1.54, 1.807) is 12.1 Å². The molecule has 2 unspecified atom stereocenters. The van der Waals surface area contributed by atoms with Gasteiger partial charge in [0.15, 0.2) is 0 Å². The molecule has 0 aliphatic rings. The maximum Gasteiger partial charge on any atom is 0.122 e. The number of hydrogen-bond donors (Lipinski definition) is 3. The minimum atomic E-state index is -1.08. The molecule has 0 heterocycles. The number of rotatable bonds is 3. The van der Waals surface area contributed by atoms with E-state index < -0.39 is 12.2 Å². The van der Waals surface area contributed by atoms with Crippen LogP contribution in [-0.4, -0.2) is 26.8 Å². The Morgan fingerprint density at radius 2 is 1.93 bits per heavy atom. The van der Waals surface area contributed by atoms with Gasteiger partial charge < -0.3 is 15.3 Å². The molecule has 0 fully saturated rings. The minimum absolute atomic E-state index is 0.0353. The predicted octanol–water partition coefficient (Wildman–Crippen LogP) is 1.94. The fraction of sp³-hybridized carbons (Fsp3) is 0.333. The number of phenols is 1. The number of hydrogen-bond acceptors (Lipinski definition) is 3. The van der Waals surface area contributed by atoms with E-state index in [2.05, 4.69) is 31.9 Å². The lowest BCUT2D eigenvalue weighted by molar-refractivity contribution is 0.0328. The standard InChI is InChI=1S/C9H10Br2O3/c10-4-8(13)9(14)6-2-1-5(11)3-7(6)12/h1-3,8-9,12-14H,4H2. The SMILES string of the molecule is Oc1cc(Br)ccc1C(O)C(O)CBr. The lowest BCUT2D eigenvalue weighted by Gasteiger charge is -2.16. The summed E-state index contributed by atoms with van der Waals surface area (Å²) in [7, 11) is 0. The van der Waals surface area contributed by atoms with Crippen molar-refractivity contribution in [2.75, 3.05) is 5.33 Å². The first-order valence-corrected chi connectivity index (χ1v) is 5.88. The monoisotopic (exact) mass is 324 g/mol. The molecule has 14 heavy (non-hydrogen) atoms. The average Bonchev–Trinajstić information content (AvgIpc) is 2.15. The van der Waals surface area contributed by atoms with Gasteiger partial charge in [-0.2, -0.15) is 0 Å². The summed E-state index contributed by atoms with van der Waals surface area (Å²) in [6, 6.07) is 4.73. The molecule has 1 aromatic rings. The molecule has 3 N–H and O–H groups in total. The third-order valence-corrected chi connectivity index (χ3v) is 2.99. The van der Waals surface area contributed by atoms with Crippen molar-refractivity contribution in [2.24, 2.45) is 0 Å². The predicted molar refractivity (Wildman–Crippen MR) is 60.6 cm³/mol. The Morgan fingerprint density at radius 3 is 2.43 bits per heavy atom. The van der Waals surface area contributed by atoms with Crippen LogP contribution in [0.3, 0.4) is 0 Å². The normalized spacial score (nSPS) is 15.1. The van der Waals surface area contributed by atoms with Crippen LogP contribution in [0, 0.1) is 0 Å². The fourth-order valence-electron chi connectivity index (χ4n) is 1.06. The van der Waals surface area contributed by atoms with E-state index in [1.807, 2.05) is 0 Å². The molecule has 0 radical (unpaired) electrons. The van der Waals surface area contributed by atoms with Crippen LogP contribution in [-0.2, 0) is 0 Å². The highest BCUT2D eigenvalue weighted by atomic mass is 79.9. The molecule has 78 valence electrons. The molecule has 0 spiro atoms. The molecule has 0 aliphatic carbocycles. The second kappa shape index (κ2) is 5.11. The Hall–Kier alpha value is -0.100. The van der Waals surface area contributed by atoms with E-state index in [9.17, 15) is 15.3 Å². The van der Waals surface area contributed by atoms with E-state index in [0.29, 0.717) is 5.56 Å². The van der Waals surface area contributed by atoms with Gasteiger partial charge in [-0.05, 0) is 12.1 Å². The summed E-state index contributed by atoms with van der Waals surface area (Å²) in [5.74, 6) is -0.0353. The van der Waals surface area contributed by atoms with E-state index in [0.717, 1.165) is 4.47 Å². The van der Waals surface area contributed by atoms with E-state index in [1.165, 1.54) is 6.07 Å². The highest BCUT2D eigenvalue weighted by Gasteiger charge is 2.20. The van der Waals surface area contributed by atoms with Gasteiger partial charge in [-0.3, -0.25) is 0 Å². The molecule has 0 aromatic heterocycles. The van der Waals surface area contributed by atoms with Crippen molar-refractivity contribution in [1.82, 2.24) is 0 Å². The van der Waals surface area contributed by atoms with Crippen LogP contribution in [0.25, 0.3) is 0 Å². The minimum Gasteiger partial charge on any atom is -0.508 e. The van der Waals surface area contributed by atoms with Crippen molar-refractivity contribution >= 4 is 31.9 Å². The van der Waals surface area contributed by atoms with E-state index in [4.69, 9.17) is 0 Å². The smallest absolute Gasteiger partial charge is 0.122 e. The molecule has 1 rings (SSSR count). The van der Waals surface area contributed by atoms with Crippen molar-refractivity contribution in [2.45, 2.75) is 12.2 Å². The van der Waals surface area contributed by atoms with Gasteiger partial charge in [0.05, 0.1) is 6.10 Å². The number of benzene rings is 1. The summed E-state index contributed by atoms with van der Waals surface area (Å²) in [4.78, 5) is 0. The molecule has 1 aromatic carbocycles. The lowest BCUT2D eigenvalue weighted by Crippen LogP contribution is -2.19. The zero-order valence-corrected chi connectivity index (χ0v) is 10.4. The van der Waals surface area contributed by atoms with Gasteiger partial charge in [0.1, 0.15) is 11.9 Å². The summed E-state index contributed by atoms with van der Waals surface area (Å²) >= 11 is 6.24. The molecule has 3 nitrogen and oxygen atoms in total. The van der Waals surface area contributed by atoms with Crippen molar-refractivity contribution < 1.29 is 15.3 Å². The number of aromatic hydroxyl groups is 1. The Morgan fingerprint density at radius 1 is 1.29 bits per heavy atom. The van der Waals surface area contributed by atoms with Crippen molar-refractivity contribution in [1.29, 1.82) is 0 Å². The van der Waals surface area contributed by atoms with Gasteiger partial charge in [0.2, 0.25) is 0 Å². The molecular formula is C9H10Br2O3. The maximum absolute atomic E-state index is 9.61. The molecular weight excluding hydrogens is 316 g/mol. The number of alkyl halides is 1. The highest BCUT2D eigenvalue weighted by molar-refractivity contribution is 9.10. The molecule has 2 atom stereocenters. The third kappa shape index (κ3) is 2.70. The molecule has 0 saturated heterocycles. The van der Waals surface area contributed by atoms with Crippen LogP contribution < -0.4 is 0 Å². The molecule has 0 saturated carbocycles. The number of halogens is 2. The van der Waals surface area contributed by atoms with Crippen molar-refractivity contribution in [3.8, 4) is 5.75 Å². The summed E-state index contributed by atoms with van der Waals surface area (Å²) < 4.78 is 0.722. The number of phenolic OH excluding ortho intramolecular Hbond substituents is 1. The summed E-state index contributed by atoms with van der Waals surface area (Å²) in [6.07, 6.45) is -2.01. The van der Waals surface area contributed by atoms with Gasteiger partial charge in [0.25, 0.3) is 0 Å². The van der Waals surface area contributed by atoms with Crippen LogP contribution in [0.5, 0.6) is 5.75 Å². The summed E-state index contributed by atoms with van der Waals surface area (Å²) in [5, 5.41) is 28.7. The maximum atomic E-state index is 9.61.